The molecule has 0 bridgehead atoms. The average Bonchev–Trinajstić information content (AvgIpc) is 2.55. The van der Waals surface area contributed by atoms with Crippen molar-refractivity contribution in [2.24, 2.45) is 5.73 Å². The predicted molar refractivity (Wildman–Crippen MR) is 98.1 cm³/mol. The van der Waals surface area contributed by atoms with Crippen LogP contribution >= 0.6 is 11.8 Å². The summed E-state index contributed by atoms with van der Waals surface area (Å²) in [4.78, 5) is 26.7. The predicted octanol–water partition coefficient (Wildman–Crippen LogP) is 2.58. The molecule has 126 valence electrons. The topological polar surface area (TPSA) is 75.4 Å². The van der Waals surface area contributed by atoms with Crippen LogP contribution in [0.4, 0.5) is 5.69 Å². The van der Waals surface area contributed by atoms with E-state index in [0.717, 1.165) is 5.56 Å². The highest BCUT2D eigenvalue weighted by molar-refractivity contribution is 7.98. The summed E-state index contributed by atoms with van der Waals surface area (Å²) in [6.45, 7) is 0.886. The lowest BCUT2D eigenvalue weighted by molar-refractivity contribution is -0.117. The Kier molecular flexibility index (Phi) is 6.40. The van der Waals surface area contributed by atoms with Gasteiger partial charge < -0.3 is 11.1 Å². The van der Waals surface area contributed by atoms with Crippen molar-refractivity contribution >= 4 is 29.3 Å². The van der Waals surface area contributed by atoms with Gasteiger partial charge in [-0.3, -0.25) is 14.5 Å². The number of hydrogen-bond acceptors (Lipinski definition) is 4. The summed E-state index contributed by atoms with van der Waals surface area (Å²) in [6.07, 6.45) is 2.04. The van der Waals surface area contributed by atoms with E-state index in [1.165, 1.54) is 4.90 Å². The molecule has 0 aromatic heterocycles. The van der Waals surface area contributed by atoms with E-state index in [9.17, 15) is 9.59 Å². The molecule has 0 radical (unpaired) electrons. The lowest BCUT2D eigenvalue weighted by atomic mass is 10.1. The molecular weight excluding hydrogens is 322 g/mol. The van der Waals surface area contributed by atoms with Gasteiger partial charge in [0.15, 0.2) is 0 Å². The number of nitrogens with one attached hydrogen (secondary N) is 1. The fourth-order valence-electron chi connectivity index (χ4n) is 2.34. The molecule has 0 fully saturated rings. The van der Waals surface area contributed by atoms with Gasteiger partial charge >= 0.3 is 0 Å². The first-order chi connectivity index (χ1) is 11.5. The third-order valence-corrected chi connectivity index (χ3v) is 4.24. The van der Waals surface area contributed by atoms with Crippen molar-refractivity contribution in [3.05, 3.63) is 59.7 Å². The van der Waals surface area contributed by atoms with Crippen LogP contribution in [-0.2, 0) is 11.3 Å². The fraction of sp³-hybridized carbons (Fsp3) is 0.222. The average molecular weight is 343 g/mol. The molecule has 0 heterocycles. The first kappa shape index (κ1) is 18.0. The summed E-state index contributed by atoms with van der Waals surface area (Å²) in [7, 11) is 1.88. The maximum Gasteiger partial charge on any atom is 0.250 e. The number of nitrogens with two attached hydrogens (primary N) is 1. The zero-order chi connectivity index (χ0) is 17.5. The van der Waals surface area contributed by atoms with Crippen LogP contribution in [0.1, 0.15) is 15.9 Å². The van der Waals surface area contributed by atoms with E-state index in [4.69, 9.17) is 5.73 Å². The number of carbonyl (C=O) groups excluding carboxylic acids is 2. The van der Waals surface area contributed by atoms with Crippen molar-refractivity contribution in [1.82, 2.24) is 4.90 Å². The number of rotatable bonds is 7. The summed E-state index contributed by atoms with van der Waals surface area (Å²) in [5.41, 5.74) is 7.20. The minimum absolute atomic E-state index is 0.188. The second-order valence-electron chi connectivity index (χ2n) is 5.48. The van der Waals surface area contributed by atoms with E-state index >= 15 is 0 Å². The van der Waals surface area contributed by atoms with Crippen LogP contribution in [0.5, 0.6) is 0 Å². The summed E-state index contributed by atoms with van der Waals surface area (Å²) < 4.78 is 0. The van der Waals surface area contributed by atoms with Crippen LogP contribution in [0.2, 0.25) is 0 Å². The monoisotopic (exact) mass is 343 g/mol. The van der Waals surface area contributed by atoms with Gasteiger partial charge in [-0.2, -0.15) is 0 Å². The summed E-state index contributed by atoms with van der Waals surface area (Å²) in [5.74, 6) is -0.750. The molecule has 6 heteroatoms. The van der Waals surface area contributed by atoms with E-state index in [2.05, 4.69) is 29.6 Å². The summed E-state index contributed by atoms with van der Waals surface area (Å²) in [5, 5.41) is 2.74. The van der Waals surface area contributed by atoms with Crippen molar-refractivity contribution in [2.75, 3.05) is 25.2 Å². The minimum atomic E-state index is -0.562. The van der Waals surface area contributed by atoms with Gasteiger partial charge in [0.25, 0.3) is 5.91 Å². The Balaban J connectivity index is 1.93. The Bertz CT molecular complexity index is 716. The molecule has 0 spiro atoms. The molecule has 2 rings (SSSR count). The third kappa shape index (κ3) is 5.11. The summed E-state index contributed by atoms with van der Waals surface area (Å²) in [6, 6.07) is 15.0. The Hall–Kier alpha value is -2.31. The van der Waals surface area contributed by atoms with E-state index in [1.54, 1.807) is 36.0 Å². The van der Waals surface area contributed by atoms with Gasteiger partial charge in [0, 0.05) is 11.4 Å². The molecule has 2 amide bonds. The van der Waals surface area contributed by atoms with Crippen LogP contribution in [0.3, 0.4) is 0 Å². The molecule has 0 saturated carbocycles. The number of para-hydroxylation sites is 1. The number of carbonyl (C=O) groups is 2. The van der Waals surface area contributed by atoms with Crippen molar-refractivity contribution in [1.29, 1.82) is 0 Å². The number of primary amides is 1. The maximum atomic E-state index is 12.2. The van der Waals surface area contributed by atoms with Gasteiger partial charge in [-0.05, 0) is 43.1 Å². The molecule has 2 aromatic carbocycles. The van der Waals surface area contributed by atoms with Crippen molar-refractivity contribution in [3.8, 4) is 0 Å². The van der Waals surface area contributed by atoms with E-state index in [0.29, 0.717) is 17.8 Å². The number of likely N-dealkylation sites (N-methyl/N-ethyl adjacent to an activating group) is 1. The number of benzene rings is 2. The van der Waals surface area contributed by atoms with Crippen molar-refractivity contribution < 1.29 is 9.59 Å². The second-order valence-corrected chi connectivity index (χ2v) is 6.36. The summed E-state index contributed by atoms with van der Waals surface area (Å²) >= 11 is 1.70. The van der Waals surface area contributed by atoms with Gasteiger partial charge in [-0.25, -0.2) is 0 Å². The maximum absolute atomic E-state index is 12.2. The zero-order valence-corrected chi connectivity index (χ0v) is 14.6. The second kappa shape index (κ2) is 8.52. The van der Waals surface area contributed by atoms with Gasteiger partial charge in [-0.1, -0.05) is 24.3 Å². The highest BCUT2D eigenvalue weighted by atomic mass is 32.2. The Morgan fingerprint density at radius 3 is 2.42 bits per heavy atom. The van der Waals surface area contributed by atoms with Crippen LogP contribution in [0.15, 0.2) is 53.4 Å². The zero-order valence-electron chi connectivity index (χ0n) is 13.8. The van der Waals surface area contributed by atoms with E-state index in [-0.39, 0.29) is 12.5 Å². The van der Waals surface area contributed by atoms with Crippen LogP contribution in [-0.4, -0.2) is 36.6 Å². The van der Waals surface area contributed by atoms with E-state index in [1.807, 2.05) is 18.2 Å². The number of hydrogen-bond donors (Lipinski definition) is 2. The number of anilines is 1. The van der Waals surface area contributed by atoms with Crippen molar-refractivity contribution in [2.45, 2.75) is 11.4 Å². The number of nitrogens with zero attached hydrogens (tertiary/aromatic N) is 1. The Labute approximate surface area is 146 Å². The van der Waals surface area contributed by atoms with Crippen molar-refractivity contribution in [3.63, 3.8) is 0 Å². The minimum Gasteiger partial charge on any atom is -0.366 e. The Morgan fingerprint density at radius 1 is 1.12 bits per heavy atom. The lowest BCUT2D eigenvalue weighted by Crippen LogP contribution is -2.30. The molecule has 0 saturated heterocycles. The molecule has 0 aliphatic carbocycles. The molecule has 24 heavy (non-hydrogen) atoms. The number of amides is 2. The molecule has 0 unspecified atom stereocenters. The van der Waals surface area contributed by atoms with E-state index < -0.39 is 5.91 Å². The highest BCUT2D eigenvalue weighted by Gasteiger charge is 2.12. The molecule has 0 aliphatic heterocycles. The lowest BCUT2D eigenvalue weighted by Gasteiger charge is -2.17. The van der Waals surface area contributed by atoms with Gasteiger partial charge in [-0.15, -0.1) is 11.8 Å². The van der Waals surface area contributed by atoms with Crippen LogP contribution in [0, 0.1) is 0 Å². The standard InChI is InChI=1S/C18H21N3O2S/c1-21(11-13-7-9-14(24-2)10-8-13)12-17(22)20-16-6-4-3-5-15(16)18(19)23/h3-10H,11-12H2,1-2H3,(H2,19,23)(H,20,22). The Morgan fingerprint density at radius 2 is 1.79 bits per heavy atom. The molecule has 0 atom stereocenters. The SMILES string of the molecule is CSc1ccc(CN(C)CC(=O)Nc2ccccc2C(N)=O)cc1. The smallest absolute Gasteiger partial charge is 0.250 e. The highest BCUT2D eigenvalue weighted by Crippen LogP contribution is 2.16. The molecular formula is C18H21N3O2S. The third-order valence-electron chi connectivity index (χ3n) is 3.49. The molecule has 2 aromatic rings. The first-order valence-electron chi connectivity index (χ1n) is 7.49. The fourth-order valence-corrected chi connectivity index (χ4v) is 2.75. The molecule has 5 nitrogen and oxygen atoms in total. The quantitative estimate of drug-likeness (QED) is 0.758. The molecule has 3 N–H and O–H groups in total. The first-order valence-corrected chi connectivity index (χ1v) is 8.72. The van der Waals surface area contributed by atoms with Crippen LogP contribution in [0.25, 0.3) is 0 Å². The largest absolute Gasteiger partial charge is 0.366 e. The number of thioether (sulfide) groups is 1. The molecule has 0 aliphatic rings. The van der Waals surface area contributed by atoms with Gasteiger partial charge in [0.1, 0.15) is 0 Å². The normalized spacial score (nSPS) is 10.6. The van der Waals surface area contributed by atoms with Crippen LogP contribution < -0.4 is 11.1 Å². The van der Waals surface area contributed by atoms with Gasteiger partial charge in [0.2, 0.25) is 5.91 Å². The van der Waals surface area contributed by atoms with Gasteiger partial charge in [0.05, 0.1) is 17.8 Å².